The number of carbonyl (C=O) groups excluding carboxylic acids is 2. The van der Waals surface area contributed by atoms with Gasteiger partial charge in [0.05, 0.1) is 22.9 Å². The lowest BCUT2D eigenvalue weighted by Crippen LogP contribution is -2.40. The molecule has 0 bridgehead atoms. The van der Waals surface area contributed by atoms with Crippen LogP contribution in [0.5, 0.6) is 0 Å². The molecule has 1 aromatic heterocycles. The van der Waals surface area contributed by atoms with Gasteiger partial charge < -0.3 is 15.5 Å². The van der Waals surface area contributed by atoms with Crippen LogP contribution in [0, 0.1) is 0 Å². The van der Waals surface area contributed by atoms with Crippen LogP contribution in [0.25, 0.3) is 0 Å². The summed E-state index contributed by atoms with van der Waals surface area (Å²) in [6.07, 6.45) is 3.61. The summed E-state index contributed by atoms with van der Waals surface area (Å²) in [7, 11) is 5.62. The fourth-order valence-electron chi connectivity index (χ4n) is 2.22. The van der Waals surface area contributed by atoms with E-state index in [0.29, 0.717) is 10.7 Å². The number of aryl methyl sites for hydroxylation is 1. The normalized spacial score (nSPS) is 12.0. The molecular formula is C16H20ClN5O2. The fourth-order valence-corrected chi connectivity index (χ4v) is 2.41. The molecule has 2 amide bonds. The highest BCUT2D eigenvalue weighted by Crippen LogP contribution is 2.20. The van der Waals surface area contributed by atoms with Crippen LogP contribution in [0.1, 0.15) is 11.6 Å². The molecule has 2 aromatic rings. The van der Waals surface area contributed by atoms with Crippen LogP contribution >= 0.6 is 11.6 Å². The Morgan fingerprint density at radius 3 is 2.58 bits per heavy atom. The van der Waals surface area contributed by atoms with Gasteiger partial charge in [0.25, 0.3) is 0 Å². The summed E-state index contributed by atoms with van der Waals surface area (Å²) in [5.41, 5.74) is 1.35. The molecule has 1 aromatic carbocycles. The number of hydrogen-bond acceptors (Lipinski definition) is 4. The average molecular weight is 350 g/mol. The molecule has 0 radical (unpaired) electrons. The summed E-state index contributed by atoms with van der Waals surface area (Å²) in [5.74, 6) is -1.47. The van der Waals surface area contributed by atoms with Gasteiger partial charge in [0.2, 0.25) is 0 Å². The zero-order chi connectivity index (χ0) is 17.7. The van der Waals surface area contributed by atoms with Gasteiger partial charge in [-0.25, -0.2) is 0 Å². The van der Waals surface area contributed by atoms with E-state index in [-0.39, 0.29) is 12.6 Å². The largest absolute Gasteiger partial charge is 0.346 e. The van der Waals surface area contributed by atoms with E-state index in [9.17, 15) is 9.59 Å². The summed E-state index contributed by atoms with van der Waals surface area (Å²) >= 11 is 5.96. The molecule has 1 heterocycles. The van der Waals surface area contributed by atoms with Gasteiger partial charge in [-0.2, -0.15) is 5.10 Å². The van der Waals surface area contributed by atoms with Crippen molar-refractivity contribution in [3.8, 4) is 0 Å². The lowest BCUT2D eigenvalue weighted by molar-refractivity contribution is -0.136. The molecule has 24 heavy (non-hydrogen) atoms. The van der Waals surface area contributed by atoms with Crippen LogP contribution in [-0.4, -0.2) is 47.1 Å². The molecule has 0 unspecified atom stereocenters. The number of carbonyl (C=O) groups is 2. The number of para-hydroxylation sites is 1. The second-order valence-electron chi connectivity index (χ2n) is 5.57. The van der Waals surface area contributed by atoms with Crippen LogP contribution in [0.2, 0.25) is 5.02 Å². The number of anilines is 1. The van der Waals surface area contributed by atoms with Crippen LogP contribution in [0.3, 0.4) is 0 Å². The van der Waals surface area contributed by atoms with Gasteiger partial charge in [-0.15, -0.1) is 0 Å². The summed E-state index contributed by atoms with van der Waals surface area (Å²) in [6, 6.07) is 6.65. The number of benzene rings is 1. The van der Waals surface area contributed by atoms with Gasteiger partial charge in [0.15, 0.2) is 0 Å². The number of nitrogens with zero attached hydrogens (tertiary/aromatic N) is 3. The Morgan fingerprint density at radius 2 is 2.00 bits per heavy atom. The Kier molecular flexibility index (Phi) is 5.94. The molecule has 0 aliphatic heterocycles. The quantitative estimate of drug-likeness (QED) is 0.800. The molecule has 0 fully saturated rings. The molecule has 0 saturated carbocycles. The van der Waals surface area contributed by atoms with E-state index in [1.165, 1.54) is 0 Å². The van der Waals surface area contributed by atoms with Crippen LogP contribution in [-0.2, 0) is 16.6 Å². The highest BCUT2D eigenvalue weighted by atomic mass is 35.5. The van der Waals surface area contributed by atoms with Crippen molar-refractivity contribution in [1.29, 1.82) is 0 Å². The third-order valence-corrected chi connectivity index (χ3v) is 3.85. The van der Waals surface area contributed by atoms with Crippen LogP contribution in [0.15, 0.2) is 36.7 Å². The second-order valence-corrected chi connectivity index (χ2v) is 5.98. The molecule has 2 N–H and O–H groups in total. The van der Waals surface area contributed by atoms with E-state index >= 15 is 0 Å². The molecule has 1 atom stereocenters. The van der Waals surface area contributed by atoms with Gasteiger partial charge in [-0.05, 0) is 26.2 Å². The lowest BCUT2D eigenvalue weighted by atomic mass is 10.1. The minimum atomic E-state index is -0.758. The molecule has 0 aliphatic rings. The predicted molar refractivity (Wildman–Crippen MR) is 92.7 cm³/mol. The van der Waals surface area contributed by atoms with Crippen LogP contribution in [0.4, 0.5) is 5.69 Å². The fraction of sp³-hybridized carbons (Fsp3) is 0.312. The molecule has 0 saturated heterocycles. The lowest BCUT2D eigenvalue weighted by Gasteiger charge is -2.23. The number of amides is 2. The number of hydrogen-bond donors (Lipinski definition) is 2. The van der Waals surface area contributed by atoms with Gasteiger partial charge in [-0.1, -0.05) is 23.7 Å². The van der Waals surface area contributed by atoms with E-state index in [1.54, 1.807) is 35.1 Å². The highest BCUT2D eigenvalue weighted by Gasteiger charge is 2.20. The van der Waals surface area contributed by atoms with Crippen molar-refractivity contribution < 1.29 is 9.59 Å². The third-order valence-electron chi connectivity index (χ3n) is 3.52. The first-order valence-corrected chi connectivity index (χ1v) is 7.75. The highest BCUT2D eigenvalue weighted by molar-refractivity contribution is 6.41. The average Bonchev–Trinajstić information content (AvgIpc) is 2.95. The summed E-state index contributed by atoms with van der Waals surface area (Å²) < 4.78 is 1.69. The second kappa shape index (κ2) is 7.94. The van der Waals surface area contributed by atoms with Crippen molar-refractivity contribution in [2.24, 2.45) is 7.05 Å². The van der Waals surface area contributed by atoms with E-state index in [1.807, 2.05) is 32.2 Å². The Bertz CT molecular complexity index is 729. The Hall–Kier alpha value is -2.38. The first-order chi connectivity index (χ1) is 11.4. The molecule has 128 valence electrons. The molecule has 2 rings (SSSR count). The number of aromatic nitrogens is 2. The maximum Gasteiger partial charge on any atom is 0.313 e. The van der Waals surface area contributed by atoms with Gasteiger partial charge in [-0.3, -0.25) is 14.3 Å². The zero-order valence-corrected chi connectivity index (χ0v) is 14.5. The summed E-state index contributed by atoms with van der Waals surface area (Å²) in [5, 5.41) is 9.64. The van der Waals surface area contributed by atoms with E-state index in [2.05, 4.69) is 15.7 Å². The third kappa shape index (κ3) is 4.56. The van der Waals surface area contributed by atoms with Crippen molar-refractivity contribution in [3.63, 3.8) is 0 Å². The van der Waals surface area contributed by atoms with Crippen molar-refractivity contribution in [2.75, 3.05) is 26.0 Å². The van der Waals surface area contributed by atoms with Crippen molar-refractivity contribution in [1.82, 2.24) is 20.0 Å². The Balaban J connectivity index is 1.95. The van der Waals surface area contributed by atoms with Gasteiger partial charge >= 0.3 is 11.8 Å². The van der Waals surface area contributed by atoms with E-state index in [0.717, 1.165) is 5.56 Å². The molecule has 8 heteroatoms. The maximum absolute atomic E-state index is 12.0. The number of halogens is 1. The predicted octanol–water partition coefficient (Wildman–Crippen LogP) is 1.43. The number of rotatable bonds is 5. The minimum absolute atomic E-state index is 0.0873. The standard InChI is InChI=1S/C16H20ClN5O2/c1-21(2)14(11-8-19-22(3)10-11)9-18-15(23)16(24)20-13-7-5-4-6-12(13)17/h4-8,10,14H,9H2,1-3H3,(H,18,23)(H,20,24)/t14-/m0/s1. The van der Waals surface area contributed by atoms with Crippen LogP contribution < -0.4 is 10.6 Å². The van der Waals surface area contributed by atoms with Crippen molar-refractivity contribution >= 4 is 29.1 Å². The van der Waals surface area contributed by atoms with Gasteiger partial charge in [0, 0.05) is 25.4 Å². The first kappa shape index (κ1) is 18.0. The summed E-state index contributed by atoms with van der Waals surface area (Å²) in [6.45, 7) is 0.285. The molecule has 0 aliphatic carbocycles. The topological polar surface area (TPSA) is 79.3 Å². The van der Waals surface area contributed by atoms with Crippen molar-refractivity contribution in [2.45, 2.75) is 6.04 Å². The molecular weight excluding hydrogens is 330 g/mol. The molecule has 0 spiro atoms. The smallest absolute Gasteiger partial charge is 0.313 e. The van der Waals surface area contributed by atoms with Gasteiger partial charge in [0.1, 0.15) is 0 Å². The zero-order valence-electron chi connectivity index (χ0n) is 13.8. The SMILES string of the molecule is CN(C)[C@@H](CNC(=O)C(=O)Nc1ccccc1Cl)c1cnn(C)c1. The van der Waals surface area contributed by atoms with E-state index < -0.39 is 11.8 Å². The number of nitrogens with one attached hydrogen (secondary N) is 2. The molecule has 7 nitrogen and oxygen atoms in total. The Morgan fingerprint density at radius 1 is 1.29 bits per heavy atom. The monoisotopic (exact) mass is 349 g/mol. The Labute approximate surface area is 145 Å². The van der Waals surface area contributed by atoms with Crippen molar-refractivity contribution in [3.05, 3.63) is 47.2 Å². The summed E-state index contributed by atoms with van der Waals surface area (Å²) in [4.78, 5) is 25.9. The maximum atomic E-state index is 12.0. The minimum Gasteiger partial charge on any atom is -0.346 e. The van der Waals surface area contributed by atoms with E-state index in [4.69, 9.17) is 11.6 Å². The number of likely N-dealkylation sites (N-methyl/N-ethyl adjacent to an activating group) is 1. The first-order valence-electron chi connectivity index (χ1n) is 7.37.